The summed E-state index contributed by atoms with van der Waals surface area (Å²) in [6, 6.07) is 4.05. The molecule has 1 N–H and O–H groups in total. The maximum Gasteiger partial charge on any atom is 0.276 e. The highest BCUT2D eigenvalue weighted by atomic mass is 32.1. The van der Waals surface area contributed by atoms with E-state index < -0.39 is 0 Å². The fourth-order valence-corrected chi connectivity index (χ4v) is 3.98. The first-order valence-corrected chi connectivity index (χ1v) is 9.63. The smallest absolute Gasteiger partial charge is 0.276 e. The minimum Gasteiger partial charge on any atom is -0.493 e. The summed E-state index contributed by atoms with van der Waals surface area (Å²) in [5.74, 6) is 1.33. The summed E-state index contributed by atoms with van der Waals surface area (Å²) >= 11 is 5.44. The predicted molar refractivity (Wildman–Crippen MR) is 106 cm³/mol. The van der Waals surface area contributed by atoms with Gasteiger partial charge in [-0.3, -0.25) is 9.69 Å². The number of methoxy groups -OCH3 is 1. The topological polar surface area (TPSA) is 50.8 Å². The van der Waals surface area contributed by atoms with Crippen molar-refractivity contribution >= 4 is 29.3 Å². The molecule has 2 fully saturated rings. The molecule has 26 heavy (non-hydrogen) atoms. The van der Waals surface area contributed by atoms with E-state index in [0.29, 0.717) is 28.9 Å². The summed E-state index contributed by atoms with van der Waals surface area (Å²) in [5.41, 5.74) is 2.45. The van der Waals surface area contributed by atoms with E-state index >= 15 is 0 Å². The molecule has 0 radical (unpaired) electrons. The quantitative estimate of drug-likeness (QED) is 0.628. The summed E-state index contributed by atoms with van der Waals surface area (Å²) in [4.78, 5) is 14.7. The van der Waals surface area contributed by atoms with E-state index in [0.717, 1.165) is 36.8 Å². The molecule has 1 aromatic rings. The second-order valence-corrected chi connectivity index (χ2v) is 7.13. The molecule has 1 aromatic carbocycles. The molecule has 0 spiro atoms. The van der Waals surface area contributed by atoms with E-state index in [1.54, 1.807) is 12.0 Å². The Labute approximate surface area is 160 Å². The average molecular weight is 375 g/mol. The Morgan fingerprint density at radius 1 is 1.27 bits per heavy atom. The minimum atomic E-state index is -0.0323. The number of thiocarbonyl (C=S) groups is 1. The lowest BCUT2D eigenvalue weighted by Crippen LogP contribution is -2.41. The number of nitrogens with zero attached hydrogens (tertiary/aromatic N) is 1. The standard InChI is InChI=1S/C20H26N2O3S/c1-4-25-18-12-14(13(2)10-17(18)24-3)11-16-19(23)22(20(26)21-16)15-8-6-5-7-9-15/h10-12,15H,4-9H2,1-3H3,(H,21,26)/b16-11-. The fraction of sp³-hybridized carbons (Fsp3) is 0.500. The molecule has 1 saturated heterocycles. The van der Waals surface area contributed by atoms with Gasteiger partial charge in [-0.2, -0.15) is 0 Å². The van der Waals surface area contributed by atoms with Gasteiger partial charge in [-0.15, -0.1) is 0 Å². The maximum absolute atomic E-state index is 12.9. The molecule has 5 nitrogen and oxygen atoms in total. The van der Waals surface area contributed by atoms with Gasteiger partial charge in [0.2, 0.25) is 0 Å². The summed E-state index contributed by atoms with van der Waals surface area (Å²) in [6.45, 7) is 4.47. The lowest BCUT2D eigenvalue weighted by atomic mass is 9.94. The van der Waals surface area contributed by atoms with E-state index in [9.17, 15) is 4.79 Å². The Kier molecular flexibility index (Phi) is 5.81. The molecule has 1 aliphatic heterocycles. The zero-order chi connectivity index (χ0) is 18.7. The van der Waals surface area contributed by atoms with Gasteiger partial charge in [-0.25, -0.2) is 0 Å². The first kappa shape index (κ1) is 18.7. The monoisotopic (exact) mass is 374 g/mol. The van der Waals surface area contributed by atoms with Gasteiger partial charge >= 0.3 is 0 Å². The third-order valence-electron chi connectivity index (χ3n) is 5.00. The van der Waals surface area contributed by atoms with Crippen LogP contribution in [-0.2, 0) is 4.79 Å². The van der Waals surface area contributed by atoms with Crippen LogP contribution in [0.15, 0.2) is 17.8 Å². The van der Waals surface area contributed by atoms with Crippen LogP contribution < -0.4 is 14.8 Å². The minimum absolute atomic E-state index is 0.0323. The van der Waals surface area contributed by atoms with Crippen LogP contribution in [0.3, 0.4) is 0 Å². The van der Waals surface area contributed by atoms with Gasteiger partial charge in [-0.05, 0) is 68.2 Å². The van der Waals surface area contributed by atoms with Crippen LogP contribution in [0.25, 0.3) is 6.08 Å². The largest absolute Gasteiger partial charge is 0.493 e. The number of ether oxygens (including phenoxy) is 2. The number of benzene rings is 1. The van der Waals surface area contributed by atoms with Gasteiger partial charge in [0.1, 0.15) is 5.70 Å². The number of aryl methyl sites for hydroxylation is 1. The Morgan fingerprint density at radius 3 is 2.65 bits per heavy atom. The van der Waals surface area contributed by atoms with Crippen molar-refractivity contribution in [2.75, 3.05) is 13.7 Å². The zero-order valence-electron chi connectivity index (χ0n) is 15.6. The van der Waals surface area contributed by atoms with Gasteiger partial charge in [0.15, 0.2) is 16.6 Å². The first-order valence-electron chi connectivity index (χ1n) is 9.22. The number of amides is 1. The van der Waals surface area contributed by atoms with Crippen LogP contribution in [0.4, 0.5) is 0 Å². The lowest BCUT2D eigenvalue weighted by molar-refractivity contribution is -0.124. The Bertz CT molecular complexity index is 739. The number of carbonyl (C=O) groups is 1. The highest BCUT2D eigenvalue weighted by molar-refractivity contribution is 7.80. The molecule has 2 aliphatic rings. The molecule has 0 bridgehead atoms. The molecule has 0 aromatic heterocycles. The van der Waals surface area contributed by atoms with E-state index in [4.69, 9.17) is 21.7 Å². The number of hydrogen-bond acceptors (Lipinski definition) is 4. The first-order chi connectivity index (χ1) is 12.5. The van der Waals surface area contributed by atoms with E-state index in [2.05, 4.69) is 5.32 Å². The molecular weight excluding hydrogens is 348 g/mol. The summed E-state index contributed by atoms with van der Waals surface area (Å²) in [6.07, 6.45) is 7.46. The van der Waals surface area contributed by atoms with Gasteiger partial charge < -0.3 is 14.8 Å². The second kappa shape index (κ2) is 8.08. The zero-order valence-corrected chi connectivity index (χ0v) is 16.4. The van der Waals surface area contributed by atoms with Crippen LogP contribution >= 0.6 is 12.2 Å². The van der Waals surface area contributed by atoms with Gasteiger partial charge in [0.05, 0.1) is 13.7 Å². The molecule has 0 atom stereocenters. The van der Waals surface area contributed by atoms with Crippen LogP contribution in [0, 0.1) is 6.92 Å². The van der Waals surface area contributed by atoms with Crippen LogP contribution in [-0.4, -0.2) is 35.7 Å². The highest BCUT2D eigenvalue weighted by Crippen LogP contribution is 2.32. The molecule has 1 amide bonds. The number of nitrogens with one attached hydrogen (secondary N) is 1. The molecular formula is C20H26N2O3S. The van der Waals surface area contributed by atoms with E-state index in [1.807, 2.05) is 32.1 Å². The van der Waals surface area contributed by atoms with Crippen molar-refractivity contribution in [2.24, 2.45) is 0 Å². The van der Waals surface area contributed by atoms with E-state index in [1.165, 1.54) is 6.42 Å². The second-order valence-electron chi connectivity index (χ2n) is 6.75. The Balaban J connectivity index is 1.89. The summed E-state index contributed by atoms with van der Waals surface area (Å²) in [7, 11) is 1.62. The molecule has 0 unspecified atom stereocenters. The highest BCUT2D eigenvalue weighted by Gasteiger charge is 2.36. The molecule has 1 saturated carbocycles. The third-order valence-corrected chi connectivity index (χ3v) is 5.30. The van der Waals surface area contributed by atoms with Gasteiger partial charge in [0.25, 0.3) is 5.91 Å². The van der Waals surface area contributed by atoms with Crippen molar-refractivity contribution < 1.29 is 14.3 Å². The van der Waals surface area contributed by atoms with Crippen molar-refractivity contribution in [1.29, 1.82) is 0 Å². The van der Waals surface area contributed by atoms with Crippen molar-refractivity contribution in [2.45, 2.75) is 52.0 Å². The van der Waals surface area contributed by atoms with Gasteiger partial charge in [0, 0.05) is 6.04 Å². The number of rotatable bonds is 5. The van der Waals surface area contributed by atoms with Crippen LogP contribution in [0.5, 0.6) is 11.5 Å². The number of hydrogen-bond donors (Lipinski definition) is 1. The van der Waals surface area contributed by atoms with Crippen LogP contribution in [0.1, 0.15) is 50.2 Å². The SMILES string of the molecule is CCOc1cc(/C=C2\NC(=S)N(C3CCCCC3)C2=O)c(C)cc1OC. The van der Waals surface area contributed by atoms with E-state index in [-0.39, 0.29) is 11.9 Å². The van der Waals surface area contributed by atoms with Crippen molar-refractivity contribution in [3.8, 4) is 11.5 Å². The average Bonchev–Trinajstić information content (AvgIpc) is 2.92. The summed E-state index contributed by atoms with van der Waals surface area (Å²) in [5, 5.41) is 3.62. The lowest BCUT2D eigenvalue weighted by Gasteiger charge is -2.29. The predicted octanol–water partition coefficient (Wildman–Crippen LogP) is 3.79. The molecule has 1 heterocycles. The van der Waals surface area contributed by atoms with Crippen molar-refractivity contribution in [1.82, 2.24) is 10.2 Å². The summed E-state index contributed by atoms with van der Waals surface area (Å²) < 4.78 is 11.0. The maximum atomic E-state index is 12.9. The Morgan fingerprint density at radius 2 is 2.00 bits per heavy atom. The molecule has 140 valence electrons. The molecule has 3 rings (SSSR count). The Hall–Kier alpha value is -2.08. The third kappa shape index (κ3) is 3.70. The normalized spacial score (nSPS) is 19.8. The van der Waals surface area contributed by atoms with Gasteiger partial charge in [-0.1, -0.05) is 19.3 Å². The van der Waals surface area contributed by atoms with Crippen molar-refractivity contribution in [3.63, 3.8) is 0 Å². The fourth-order valence-electron chi connectivity index (χ4n) is 3.64. The number of carbonyl (C=O) groups excluding carboxylic acids is 1. The molecule has 1 aliphatic carbocycles. The molecule has 6 heteroatoms. The van der Waals surface area contributed by atoms with Crippen molar-refractivity contribution in [3.05, 3.63) is 29.0 Å². The van der Waals surface area contributed by atoms with Crippen LogP contribution in [0.2, 0.25) is 0 Å².